The Hall–Kier alpha value is -3.51. The van der Waals surface area contributed by atoms with Gasteiger partial charge in [-0.3, -0.25) is 9.10 Å². The predicted octanol–water partition coefficient (Wildman–Crippen LogP) is 3.64. The van der Waals surface area contributed by atoms with E-state index in [9.17, 15) is 26.4 Å². The maximum absolute atomic E-state index is 15.1. The van der Waals surface area contributed by atoms with Gasteiger partial charge in [0.15, 0.2) is 0 Å². The van der Waals surface area contributed by atoms with Crippen LogP contribution in [0.4, 0.5) is 33.5 Å². The summed E-state index contributed by atoms with van der Waals surface area (Å²) in [7, 11) is -3.75. The molecule has 0 saturated carbocycles. The molecule has 15 heteroatoms. The first-order valence-electron chi connectivity index (χ1n) is 11.4. The fourth-order valence-corrected chi connectivity index (χ4v) is 6.03. The third-order valence-electron chi connectivity index (χ3n) is 6.02. The van der Waals surface area contributed by atoms with Gasteiger partial charge in [-0.2, -0.15) is 22.0 Å². The van der Waals surface area contributed by atoms with Crippen LogP contribution in [0.5, 0.6) is 0 Å². The molecule has 8 nitrogen and oxygen atoms in total. The topological polar surface area (TPSA) is 86.7 Å². The van der Waals surface area contributed by atoms with Crippen LogP contribution in [0.2, 0.25) is 0 Å². The number of sulfonamides is 1. The summed E-state index contributed by atoms with van der Waals surface area (Å²) >= 11 is 0.908. The number of nitrogens with zero attached hydrogens (tertiary/aromatic N) is 5. The number of fused-ring (bicyclic) bond motifs is 1. The number of amides is 1. The fourth-order valence-electron chi connectivity index (χ4n) is 4.19. The lowest BCUT2D eigenvalue weighted by molar-refractivity contribution is -0.159. The number of carbonyl (C=O) groups excluding carboxylic acids is 1. The standard InChI is InChI=1S/C24H22F5N5O3S2/c1-3-8-34(39(2,36)37)17-6-4-16(5-7-17)24(28,29)22(35)33-11-9-32(10-12-33)20-19-13-18(14-23(25,26)27)38-21(19)31-15-30-20/h1,4-7,13,15H,8-12,14H2,2H3. The van der Waals surface area contributed by atoms with Crippen molar-refractivity contribution in [2.75, 3.05) is 48.2 Å². The van der Waals surface area contributed by atoms with Gasteiger partial charge in [0.05, 0.1) is 30.3 Å². The lowest BCUT2D eigenvalue weighted by atomic mass is 10.1. The minimum Gasteiger partial charge on any atom is -0.352 e. The Kier molecular flexibility index (Phi) is 7.72. The van der Waals surface area contributed by atoms with Crippen molar-refractivity contribution >= 4 is 49.0 Å². The van der Waals surface area contributed by atoms with Crippen molar-refractivity contribution < 1.29 is 35.2 Å². The van der Waals surface area contributed by atoms with Crippen molar-refractivity contribution in [1.29, 1.82) is 0 Å². The number of aromatic nitrogens is 2. The normalized spacial score (nSPS) is 14.9. The number of anilines is 2. The molecular formula is C24H22F5N5O3S2. The number of carbonyl (C=O) groups is 1. The average Bonchev–Trinajstić information content (AvgIpc) is 3.27. The highest BCUT2D eigenvalue weighted by Crippen LogP contribution is 2.35. The molecule has 1 aromatic carbocycles. The van der Waals surface area contributed by atoms with E-state index >= 15 is 8.78 Å². The quantitative estimate of drug-likeness (QED) is 0.310. The molecule has 0 N–H and O–H groups in total. The number of thiophene rings is 1. The Morgan fingerprint density at radius 3 is 2.31 bits per heavy atom. The van der Waals surface area contributed by atoms with Crippen LogP contribution in [-0.4, -0.2) is 74.3 Å². The van der Waals surface area contributed by atoms with Crippen molar-refractivity contribution in [3.63, 3.8) is 0 Å². The van der Waals surface area contributed by atoms with E-state index in [1.807, 2.05) is 0 Å². The molecule has 1 saturated heterocycles. The van der Waals surface area contributed by atoms with Crippen molar-refractivity contribution in [1.82, 2.24) is 14.9 Å². The van der Waals surface area contributed by atoms with Gasteiger partial charge >= 0.3 is 12.1 Å². The highest BCUT2D eigenvalue weighted by atomic mass is 32.2. The first-order chi connectivity index (χ1) is 18.2. The summed E-state index contributed by atoms with van der Waals surface area (Å²) in [6.45, 7) is -0.159. The van der Waals surface area contributed by atoms with Crippen LogP contribution in [0.3, 0.4) is 0 Å². The predicted molar refractivity (Wildman–Crippen MR) is 137 cm³/mol. The molecule has 3 aromatic rings. The van der Waals surface area contributed by atoms with Gasteiger partial charge in [-0.05, 0) is 18.2 Å². The van der Waals surface area contributed by atoms with Crippen molar-refractivity contribution in [2.24, 2.45) is 0 Å². The molecule has 0 spiro atoms. The lowest BCUT2D eigenvalue weighted by Gasteiger charge is -2.37. The van der Waals surface area contributed by atoms with Crippen LogP contribution in [0.1, 0.15) is 10.4 Å². The van der Waals surface area contributed by atoms with E-state index < -0.39 is 40.0 Å². The first kappa shape index (κ1) is 28.5. The number of halogens is 5. The third-order valence-corrected chi connectivity index (χ3v) is 8.21. The number of piperazine rings is 1. The van der Waals surface area contributed by atoms with Crippen LogP contribution >= 0.6 is 11.3 Å². The maximum atomic E-state index is 15.1. The molecule has 1 aliphatic heterocycles. The second-order valence-corrected chi connectivity index (χ2v) is 11.8. The van der Waals surface area contributed by atoms with Crippen LogP contribution in [0.25, 0.3) is 10.2 Å². The van der Waals surface area contributed by atoms with Gasteiger partial charge in [0.25, 0.3) is 5.91 Å². The Morgan fingerprint density at radius 2 is 1.74 bits per heavy atom. The SMILES string of the molecule is C#CCN(c1ccc(C(F)(F)C(=O)N2CCN(c3ncnc4sc(CC(F)(F)F)cc34)CC2)cc1)S(C)(=O)=O. The molecule has 39 heavy (non-hydrogen) atoms. The fraction of sp³-hybridized carbons (Fsp3) is 0.375. The Balaban J connectivity index is 1.46. The maximum Gasteiger partial charge on any atom is 0.393 e. The highest BCUT2D eigenvalue weighted by molar-refractivity contribution is 7.92. The molecule has 4 rings (SSSR count). The second kappa shape index (κ2) is 10.6. The lowest BCUT2D eigenvalue weighted by Crippen LogP contribution is -2.52. The summed E-state index contributed by atoms with van der Waals surface area (Å²) in [4.78, 5) is 24.2. The summed E-state index contributed by atoms with van der Waals surface area (Å²) in [5.41, 5.74) is -0.528. The van der Waals surface area contributed by atoms with E-state index in [4.69, 9.17) is 6.42 Å². The number of hydrogen-bond donors (Lipinski definition) is 0. The molecule has 2 aromatic heterocycles. The Labute approximate surface area is 225 Å². The molecule has 0 atom stereocenters. The Morgan fingerprint density at radius 1 is 1.10 bits per heavy atom. The van der Waals surface area contributed by atoms with Gasteiger partial charge < -0.3 is 9.80 Å². The van der Waals surface area contributed by atoms with E-state index in [0.29, 0.717) is 16.0 Å². The number of benzene rings is 1. The summed E-state index contributed by atoms with van der Waals surface area (Å²) in [6, 6.07) is 5.64. The Bertz CT molecular complexity index is 1510. The zero-order valence-corrected chi connectivity index (χ0v) is 22.1. The van der Waals surface area contributed by atoms with Gasteiger partial charge in [0, 0.05) is 36.6 Å². The molecule has 208 valence electrons. The van der Waals surface area contributed by atoms with E-state index in [2.05, 4.69) is 15.9 Å². The summed E-state index contributed by atoms with van der Waals surface area (Å²) in [6.07, 6.45) is 1.90. The largest absolute Gasteiger partial charge is 0.393 e. The number of hydrogen-bond acceptors (Lipinski definition) is 7. The van der Waals surface area contributed by atoms with Crippen LogP contribution in [-0.2, 0) is 27.2 Å². The first-order valence-corrected chi connectivity index (χ1v) is 14.1. The molecular weight excluding hydrogens is 565 g/mol. The van der Waals surface area contributed by atoms with Crippen molar-refractivity contribution in [2.45, 2.75) is 18.5 Å². The van der Waals surface area contributed by atoms with Crippen LogP contribution < -0.4 is 9.21 Å². The monoisotopic (exact) mass is 587 g/mol. The van der Waals surface area contributed by atoms with Crippen molar-refractivity contribution in [3.8, 4) is 12.3 Å². The molecule has 1 aliphatic rings. The number of terminal acetylenes is 1. The average molecular weight is 588 g/mol. The van der Waals surface area contributed by atoms with Gasteiger partial charge in [-0.25, -0.2) is 18.4 Å². The summed E-state index contributed by atoms with van der Waals surface area (Å²) in [5, 5.41) is 0.430. The molecule has 1 amide bonds. The minimum atomic E-state index is -4.37. The minimum absolute atomic E-state index is 0.0679. The summed E-state index contributed by atoms with van der Waals surface area (Å²) < 4.78 is 93.5. The van der Waals surface area contributed by atoms with Crippen molar-refractivity contribution in [3.05, 3.63) is 47.1 Å². The van der Waals surface area contributed by atoms with Gasteiger partial charge in [0.1, 0.15) is 17.0 Å². The third kappa shape index (κ3) is 6.22. The number of rotatable bonds is 7. The van der Waals surface area contributed by atoms with Gasteiger partial charge in [-0.15, -0.1) is 17.8 Å². The molecule has 0 bridgehead atoms. The van der Waals surface area contributed by atoms with E-state index in [1.165, 1.54) is 12.4 Å². The number of alkyl halides is 5. The molecule has 3 heterocycles. The zero-order valence-electron chi connectivity index (χ0n) is 20.5. The zero-order chi connectivity index (χ0) is 28.6. The van der Waals surface area contributed by atoms with Gasteiger partial charge in [-0.1, -0.05) is 18.1 Å². The van der Waals surface area contributed by atoms with Gasteiger partial charge in [0.2, 0.25) is 10.0 Å². The molecule has 1 fully saturated rings. The molecule has 0 aliphatic carbocycles. The second-order valence-electron chi connectivity index (χ2n) is 8.80. The van der Waals surface area contributed by atoms with E-state index in [-0.39, 0.29) is 43.3 Å². The van der Waals surface area contributed by atoms with Crippen LogP contribution in [0, 0.1) is 12.3 Å². The van der Waals surface area contributed by atoms with E-state index in [0.717, 1.165) is 51.1 Å². The summed E-state index contributed by atoms with van der Waals surface area (Å²) in [5.74, 6) is -2.73. The van der Waals surface area contributed by atoms with Crippen LogP contribution in [0.15, 0.2) is 36.7 Å². The highest BCUT2D eigenvalue weighted by Gasteiger charge is 2.44. The molecule has 0 radical (unpaired) electrons. The van der Waals surface area contributed by atoms with E-state index in [1.54, 1.807) is 4.90 Å². The smallest absolute Gasteiger partial charge is 0.352 e. The molecule has 0 unspecified atom stereocenters.